The molecule has 0 aliphatic rings. The number of aryl methyl sites for hydroxylation is 1. The molecular formula is C26H22N4O2S2. The Morgan fingerprint density at radius 1 is 0.971 bits per heavy atom. The van der Waals surface area contributed by atoms with Crippen molar-refractivity contribution in [3.05, 3.63) is 99.7 Å². The molecule has 0 radical (unpaired) electrons. The Morgan fingerprint density at radius 3 is 2.53 bits per heavy atom. The summed E-state index contributed by atoms with van der Waals surface area (Å²) in [6.45, 7) is 0.788. The highest BCUT2D eigenvalue weighted by Gasteiger charge is 2.20. The number of nitrogens with zero attached hydrogens (tertiary/aromatic N) is 4. The molecule has 8 heteroatoms. The van der Waals surface area contributed by atoms with Crippen LogP contribution in [0.3, 0.4) is 0 Å². The number of benzene rings is 2. The lowest BCUT2D eigenvalue weighted by Gasteiger charge is -2.20. The van der Waals surface area contributed by atoms with Gasteiger partial charge in [-0.1, -0.05) is 60.7 Å². The van der Waals surface area contributed by atoms with Crippen molar-refractivity contribution < 1.29 is 4.79 Å². The van der Waals surface area contributed by atoms with E-state index in [9.17, 15) is 9.59 Å². The lowest BCUT2D eigenvalue weighted by molar-refractivity contribution is -0.118. The molecule has 0 aliphatic carbocycles. The fraction of sp³-hybridized carbons (Fsp3) is 0.154. The molecule has 0 unspecified atom stereocenters. The predicted molar refractivity (Wildman–Crippen MR) is 139 cm³/mol. The van der Waals surface area contributed by atoms with Crippen LogP contribution in [-0.2, 0) is 17.8 Å². The Kier molecular flexibility index (Phi) is 6.60. The smallest absolute Gasteiger partial charge is 0.262 e. The molecule has 0 spiro atoms. The number of carbonyl (C=O) groups is 1. The zero-order chi connectivity index (χ0) is 23.3. The van der Waals surface area contributed by atoms with Crippen LogP contribution in [0.1, 0.15) is 12.0 Å². The van der Waals surface area contributed by atoms with Crippen LogP contribution in [0.25, 0.3) is 21.5 Å². The molecule has 34 heavy (non-hydrogen) atoms. The van der Waals surface area contributed by atoms with Gasteiger partial charge >= 0.3 is 0 Å². The molecule has 5 rings (SSSR count). The Labute approximate surface area is 204 Å². The first-order valence-electron chi connectivity index (χ1n) is 11.0. The van der Waals surface area contributed by atoms with Gasteiger partial charge in [-0.15, -0.1) is 22.7 Å². The van der Waals surface area contributed by atoms with Crippen molar-refractivity contribution >= 4 is 43.9 Å². The number of rotatable bonds is 8. The molecule has 2 aromatic carbocycles. The molecule has 170 valence electrons. The molecule has 5 aromatic rings. The summed E-state index contributed by atoms with van der Waals surface area (Å²) in [7, 11) is 0. The molecule has 1 amide bonds. The van der Waals surface area contributed by atoms with Gasteiger partial charge in [-0.2, -0.15) is 0 Å². The summed E-state index contributed by atoms with van der Waals surface area (Å²) < 4.78 is 1.51. The maximum absolute atomic E-state index is 13.4. The van der Waals surface area contributed by atoms with E-state index in [4.69, 9.17) is 4.98 Å². The van der Waals surface area contributed by atoms with E-state index in [0.29, 0.717) is 21.9 Å². The van der Waals surface area contributed by atoms with E-state index in [1.807, 2.05) is 59.3 Å². The van der Waals surface area contributed by atoms with Crippen LogP contribution in [0.15, 0.2) is 88.6 Å². The first-order valence-corrected chi connectivity index (χ1v) is 12.7. The lowest BCUT2D eigenvalue weighted by Crippen LogP contribution is -2.34. The van der Waals surface area contributed by atoms with Gasteiger partial charge in [-0.25, -0.2) is 9.97 Å². The number of thiazole rings is 1. The van der Waals surface area contributed by atoms with Crippen molar-refractivity contribution in [3.63, 3.8) is 0 Å². The summed E-state index contributed by atoms with van der Waals surface area (Å²) in [6, 6.07) is 21.8. The van der Waals surface area contributed by atoms with Crippen molar-refractivity contribution in [2.24, 2.45) is 0 Å². The minimum atomic E-state index is -0.115. The Bertz CT molecular complexity index is 1460. The molecule has 0 atom stereocenters. The van der Waals surface area contributed by atoms with Crippen molar-refractivity contribution in [1.29, 1.82) is 0 Å². The second-order valence-corrected chi connectivity index (χ2v) is 9.53. The highest BCUT2D eigenvalue weighted by Crippen LogP contribution is 2.28. The van der Waals surface area contributed by atoms with Crippen LogP contribution in [0.2, 0.25) is 0 Å². The number of fused-ring (bicyclic) bond motifs is 1. The van der Waals surface area contributed by atoms with Crippen LogP contribution in [0.5, 0.6) is 0 Å². The van der Waals surface area contributed by atoms with E-state index < -0.39 is 0 Å². The van der Waals surface area contributed by atoms with E-state index in [-0.39, 0.29) is 24.4 Å². The molecule has 0 N–H and O–H groups in total. The number of thiophene rings is 1. The van der Waals surface area contributed by atoms with Gasteiger partial charge < -0.3 is 0 Å². The van der Waals surface area contributed by atoms with Crippen LogP contribution in [0, 0.1) is 0 Å². The van der Waals surface area contributed by atoms with E-state index in [2.05, 4.69) is 17.1 Å². The number of amides is 1. The molecule has 3 aromatic heterocycles. The van der Waals surface area contributed by atoms with E-state index >= 15 is 0 Å². The van der Waals surface area contributed by atoms with Crippen LogP contribution in [-0.4, -0.2) is 27.0 Å². The first-order chi connectivity index (χ1) is 16.7. The quantitative estimate of drug-likeness (QED) is 0.301. The number of aromatic nitrogens is 3. The lowest BCUT2D eigenvalue weighted by atomic mass is 10.1. The maximum atomic E-state index is 13.4. The highest BCUT2D eigenvalue weighted by molar-refractivity contribution is 7.16. The van der Waals surface area contributed by atoms with Gasteiger partial charge in [0.15, 0.2) is 5.13 Å². The fourth-order valence-corrected chi connectivity index (χ4v) is 5.35. The molecule has 6 nitrogen and oxygen atoms in total. The number of carbonyl (C=O) groups excluding carboxylic acids is 1. The first kappa shape index (κ1) is 22.2. The standard InChI is InChI=1S/C26H22N4O2S2/c31-23(12-14-29-18-27-24-21(25(29)32)13-16-33-24)30(15-11-19-7-3-1-4-8-19)26-28-22(17-34-26)20-9-5-2-6-10-20/h1-10,13,16-18H,11-12,14-15H2. The Morgan fingerprint density at radius 2 is 1.74 bits per heavy atom. The van der Waals surface area contributed by atoms with Crippen molar-refractivity contribution in [3.8, 4) is 11.3 Å². The molecule has 0 bridgehead atoms. The summed E-state index contributed by atoms with van der Waals surface area (Å²) in [5.74, 6) is -0.0674. The Balaban J connectivity index is 1.36. The van der Waals surface area contributed by atoms with Gasteiger partial charge in [0.25, 0.3) is 5.56 Å². The normalized spacial score (nSPS) is 11.1. The van der Waals surface area contributed by atoms with Crippen molar-refractivity contribution in [1.82, 2.24) is 14.5 Å². The highest BCUT2D eigenvalue weighted by atomic mass is 32.1. The molecule has 0 saturated carbocycles. The van der Waals surface area contributed by atoms with Gasteiger partial charge in [0.2, 0.25) is 5.91 Å². The van der Waals surface area contributed by atoms with Gasteiger partial charge in [0.1, 0.15) is 4.83 Å². The van der Waals surface area contributed by atoms with Crippen LogP contribution < -0.4 is 10.5 Å². The second-order valence-electron chi connectivity index (χ2n) is 7.79. The number of hydrogen-bond donors (Lipinski definition) is 0. The van der Waals surface area contributed by atoms with E-state index in [1.54, 1.807) is 11.0 Å². The van der Waals surface area contributed by atoms with Crippen LogP contribution >= 0.6 is 22.7 Å². The fourth-order valence-electron chi connectivity index (χ4n) is 3.75. The summed E-state index contributed by atoms with van der Waals surface area (Å²) in [6.07, 6.45) is 2.43. The number of hydrogen-bond acceptors (Lipinski definition) is 6. The van der Waals surface area contributed by atoms with E-state index in [0.717, 1.165) is 23.2 Å². The molecular weight excluding hydrogens is 464 g/mol. The van der Waals surface area contributed by atoms with Gasteiger partial charge in [0.05, 0.1) is 17.4 Å². The summed E-state index contributed by atoms with van der Waals surface area (Å²) >= 11 is 2.89. The topological polar surface area (TPSA) is 68.1 Å². The minimum Gasteiger partial charge on any atom is -0.298 e. The second kappa shape index (κ2) is 10.1. The average molecular weight is 487 g/mol. The Hall–Kier alpha value is -3.62. The van der Waals surface area contributed by atoms with Gasteiger partial charge in [-0.05, 0) is 23.4 Å². The zero-order valence-electron chi connectivity index (χ0n) is 18.3. The molecule has 0 aliphatic heterocycles. The van der Waals surface area contributed by atoms with Crippen molar-refractivity contribution in [2.45, 2.75) is 19.4 Å². The summed E-state index contributed by atoms with van der Waals surface area (Å²) in [5, 5.41) is 5.09. The monoisotopic (exact) mass is 486 g/mol. The van der Waals surface area contributed by atoms with Crippen LogP contribution in [0.4, 0.5) is 5.13 Å². The van der Waals surface area contributed by atoms with E-state index in [1.165, 1.54) is 33.6 Å². The number of anilines is 1. The summed E-state index contributed by atoms with van der Waals surface area (Å²) in [5.41, 5.74) is 2.91. The SMILES string of the molecule is O=C(CCn1cnc2sccc2c1=O)N(CCc1ccccc1)c1nc(-c2ccccc2)cs1. The van der Waals surface area contributed by atoms with Crippen molar-refractivity contribution in [2.75, 3.05) is 11.4 Å². The minimum absolute atomic E-state index is 0.0674. The maximum Gasteiger partial charge on any atom is 0.262 e. The molecule has 0 fully saturated rings. The summed E-state index contributed by atoms with van der Waals surface area (Å²) in [4.78, 5) is 37.6. The molecule has 0 saturated heterocycles. The zero-order valence-corrected chi connectivity index (χ0v) is 20.0. The predicted octanol–water partition coefficient (Wildman–Crippen LogP) is 5.25. The molecule has 3 heterocycles. The third-order valence-corrected chi connectivity index (χ3v) is 7.26. The van der Waals surface area contributed by atoms with Gasteiger partial charge in [0, 0.05) is 30.5 Å². The van der Waals surface area contributed by atoms with Gasteiger partial charge in [-0.3, -0.25) is 19.1 Å². The third-order valence-electron chi connectivity index (χ3n) is 5.58. The third kappa shape index (κ3) is 4.83. The largest absolute Gasteiger partial charge is 0.298 e. The average Bonchev–Trinajstić information content (AvgIpc) is 3.56.